The number of thiazole rings is 1. The normalized spacial score (nSPS) is 11.1. The van der Waals surface area contributed by atoms with E-state index in [9.17, 15) is 9.18 Å². The highest BCUT2D eigenvalue weighted by Gasteiger charge is 2.13. The maximum absolute atomic E-state index is 13.2. The molecule has 5 aromatic rings. The number of hydrogen-bond acceptors (Lipinski definition) is 5. The molecule has 172 valence electrons. The Hall–Kier alpha value is -3.91. The molecule has 0 fully saturated rings. The number of carbonyl (C=O) groups is 1. The molecular weight excluding hydrogens is 453 g/mol. The van der Waals surface area contributed by atoms with Crippen molar-refractivity contribution in [1.82, 2.24) is 14.7 Å². The second-order valence-electron chi connectivity index (χ2n) is 7.77. The number of hydrogen-bond donors (Lipinski definition) is 1. The van der Waals surface area contributed by atoms with E-state index in [0.29, 0.717) is 30.0 Å². The highest BCUT2D eigenvalue weighted by Crippen LogP contribution is 2.30. The molecule has 0 aliphatic rings. The molecule has 0 spiro atoms. The van der Waals surface area contributed by atoms with Gasteiger partial charge in [-0.25, -0.2) is 9.37 Å². The van der Waals surface area contributed by atoms with Gasteiger partial charge in [0.05, 0.1) is 30.1 Å². The van der Waals surface area contributed by atoms with Crippen LogP contribution in [-0.4, -0.2) is 36.1 Å². The minimum atomic E-state index is -0.273. The van der Waals surface area contributed by atoms with Crippen molar-refractivity contribution in [2.75, 3.05) is 20.8 Å². The average molecular weight is 476 g/mol. The van der Waals surface area contributed by atoms with Gasteiger partial charge >= 0.3 is 0 Å². The second kappa shape index (κ2) is 9.15. The van der Waals surface area contributed by atoms with E-state index >= 15 is 0 Å². The summed E-state index contributed by atoms with van der Waals surface area (Å²) in [6.07, 6.45) is 2.61. The van der Waals surface area contributed by atoms with Crippen molar-refractivity contribution in [3.63, 3.8) is 0 Å². The number of nitrogens with one attached hydrogen (secondary N) is 1. The third kappa shape index (κ3) is 4.20. The molecule has 5 rings (SSSR count). The molecule has 1 N–H and O–H groups in total. The van der Waals surface area contributed by atoms with Gasteiger partial charge in [0.2, 0.25) is 0 Å². The Kier molecular flexibility index (Phi) is 5.90. The van der Waals surface area contributed by atoms with Crippen LogP contribution in [0.2, 0.25) is 0 Å². The fraction of sp³-hybridized carbons (Fsp3) is 0.154. The number of fused-ring (bicyclic) bond motifs is 3. The summed E-state index contributed by atoms with van der Waals surface area (Å²) in [6, 6.07) is 17.7. The van der Waals surface area contributed by atoms with Crippen LogP contribution in [0.5, 0.6) is 11.5 Å². The Morgan fingerprint density at radius 1 is 1.03 bits per heavy atom. The largest absolute Gasteiger partial charge is 0.493 e. The van der Waals surface area contributed by atoms with Crippen LogP contribution in [0.25, 0.3) is 26.4 Å². The van der Waals surface area contributed by atoms with Crippen molar-refractivity contribution in [3.8, 4) is 22.8 Å². The van der Waals surface area contributed by atoms with Gasteiger partial charge in [0, 0.05) is 23.9 Å². The zero-order valence-electron chi connectivity index (χ0n) is 18.7. The molecule has 0 aliphatic heterocycles. The molecule has 8 heteroatoms. The highest BCUT2D eigenvalue weighted by atomic mass is 32.1. The molecule has 2 heterocycles. The molecule has 3 aromatic carbocycles. The Morgan fingerprint density at radius 2 is 1.82 bits per heavy atom. The Labute approximate surface area is 199 Å². The third-order valence-electron chi connectivity index (χ3n) is 5.64. The Balaban J connectivity index is 1.29. The van der Waals surface area contributed by atoms with Gasteiger partial charge in [-0.2, -0.15) is 0 Å². The molecule has 6 nitrogen and oxygen atoms in total. The predicted molar refractivity (Wildman–Crippen MR) is 132 cm³/mol. The fourth-order valence-corrected chi connectivity index (χ4v) is 4.91. The van der Waals surface area contributed by atoms with E-state index in [1.165, 1.54) is 23.5 Å². The molecule has 1 amide bonds. The van der Waals surface area contributed by atoms with E-state index in [-0.39, 0.29) is 11.7 Å². The van der Waals surface area contributed by atoms with Gasteiger partial charge in [0.1, 0.15) is 5.82 Å². The van der Waals surface area contributed by atoms with Crippen molar-refractivity contribution < 1.29 is 18.7 Å². The van der Waals surface area contributed by atoms with Gasteiger partial charge in [-0.15, -0.1) is 0 Å². The molecular formula is C26H22FN3O3S. The van der Waals surface area contributed by atoms with Crippen molar-refractivity contribution in [2.24, 2.45) is 0 Å². The van der Waals surface area contributed by atoms with Crippen molar-refractivity contribution >= 4 is 32.4 Å². The first kappa shape index (κ1) is 21.9. The van der Waals surface area contributed by atoms with Crippen molar-refractivity contribution in [3.05, 3.63) is 83.8 Å². The van der Waals surface area contributed by atoms with Crippen LogP contribution < -0.4 is 14.8 Å². The van der Waals surface area contributed by atoms with Gasteiger partial charge in [-0.3, -0.25) is 9.20 Å². The molecule has 34 heavy (non-hydrogen) atoms. The molecule has 0 bridgehead atoms. The van der Waals surface area contributed by atoms with Crippen molar-refractivity contribution in [1.29, 1.82) is 0 Å². The summed E-state index contributed by atoms with van der Waals surface area (Å²) in [5.41, 5.74) is 4.26. The summed E-state index contributed by atoms with van der Waals surface area (Å²) in [5, 5.41) is 2.98. The van der Waals surface area contributed by atoms with E-state index in [4.69, 9.17) is 9.47 Å². The van der Waals surface area contributed by atoms with E-state index in [1.807, 2.05) is 47.0 Å². The number of methoxy groups -OCH3 is 2. The topological polar surface area (TPSA) is 64.9 Å². The minimum absolute atomic E-state index is 0.125. The number of nitrogens with zero attached hydrogens (tertiary/aromatic N) is 2. The van der Waals surface area contributed by atoms with Crippen LogP contribution in [0.1, 0.15) is 15.9 Å². The molecule has 0 aliphatic carbocycles. The lowest BCUT2D eigenvalue weighted by atomic mass is 10.1. The van der Waals surface area contributed by atoms with Crippen LogP contribution in [0.3, 0.4) is 0 Å². The monoisotopic (exact) mass is 475 g/mol. The summed E-state index contributed by atoms with van der Waals surface area (Å²) in [6.45, 7) is 0.501. The van der Waals surface area contributed by atoms with Crippen molar-refractivity contribution in [2.45, 2.75) is 6.42 Å². The SMILES string of the molecule is COc1ccc(CCNC(=O)c2ccc3c(c2)sc2nc(-c4ccc(F)cc4)cn23)cc1OC. The molecule has 0 radical (unpaired) electrons. The molecule has 0 saturated heterocycles. The number of aromatic nitrogens is 2. The van der Waals surface area contributed by atoms with Gasteiger partial charge in [0.15, 0.2) is 16.5 Å². The zero-order chi connectivity index (χ0) is 23.7. The van der Waals surface area contributed by atoms with Gasteiger partial charge in [-0.05, 0) is 66.6 Å². The predicted octanol–water partition coefficient (Wildman–Crippen LogP) is 5.34. The number of carbonyl (C=O) groups excluding carboxylic acids is 1. The maximum atomic E-state index is 13.2. The Bertz CT molecular complexity index is 1490. The van der Waals surface area contributed by atoms with Crippen LogP contribution in [0.15, 0.2) is 66.9 Å². The van der Waals surface area contributed by atoms with Crippen LogP contribution in [0, 0.1) is 5.82 Å². The molecule has 0 saturated carbocycles. The average Bonchev–Trinajstić information content (AvgIpc) is 3.42. The first-order valence-corrected chi connectivity index (χ1v) is 11.5. The first-order chi connectivity index (χ1) is 16.6. The molecule has 0 unspecified atom stereocenters. The summed E-state index contributed by atoms with van der Waals surface area (Å²) in [7, 11) is 3.20. The first-order valence-electron chi connectivity index (χ1n) is 10.7. The third-order valence-corrected chi connectivity index (χ3v) is 6.66. The van der Waals surface area contributed by atoms with E-state index in [1.54, 1.807) is 26.4 Å². The quantitative estimate of drug-likeness (QED) is 0.345. The van der Waals surface area contributed by atoms with E-state index in [0.717, 1.165) is 32.0 Å². The lowest BCUT2D eigenvalue weighted by molar-refractivity contribution is 0.0954. The Morgan fingerprint density at radius 3 is 2.59 bits per heavy atom. The lowest BCUT2D eigenvalue weighted by Crippen LogP contribution is -2.25. The summed E-state index contributed by atoms with van der Waals surface area (Å²) < 4.78 is 26.8. The number of rotatable bonds is 7. The number of halogens is 1. The second-order valence-corrected chi connectivity index (χ2v) is 8.77. The van der Waals surface area contributed by atoms with Gasteiger partial charge in [0.25, 0.3) is 5.91 Å². The number of ether oxygens (including phenoxy) is 2. The van der Waals surface area contributed by atoms with E-state index in [2.05, 4.69) is 10.3 Å². The number of benzene rings is 3. The smallest absolute Gasteiger partial charge is 0.251 e. The molecule has 0 atom stereocenters. The number of imidazole rings is 1. The fourth-order valence-electron chi connectivity index (χ4n) is 3.86. The van der Waals surface area contributed by atoms with Gasteiger partial charge < -0.3 is 14.8 Å². The van der Waals surface area contributed by atoms with Gasteiger partial charge in [-0.1, -0.05) is 17.4 Å². The summed E-state index contributed by atoms with van der Waals surface area (Å²) in [5.74, 6) is 0.947. The highest BCUT2D eigenvalue weighted by molar-refractivity contribution is 7.23. The standard InChI is InChI=1S/C26H22FN3O3S/c1-32-22-10-3-16(13-23(22)33-2)11-12-28-25(31)18-6-9-21-24(14-18)34-26-29-20(15-30(21)26)17-4-7-19(27)8-5-17/h3-10,13-15H,11-12H2,1-2H3,(H,28,31). The summed E-state index contributed by atoms with van der Waals surface area (Å²) in [4.78, 5) is 18.2. The van der Waals surface area contributed by atoms with E-state index < -0.39 is 0 Å². The van der Waals surface area contributed by atoms with Crippen LogP contribution >= 0.6 is 11.3 Å². The summed E-state index contributed by atoms with van der Waals surface area (Å²) >= 11 is 1.51. The lowest BCUT2D eigenvalue weighted by Gasteiger charge is -2.10. The van der Waals surface area contributed by atoms with Crippen LogP contribution in [0.4, 0.5) is 4.39 Å². The van der Waals surface area contributed by atoms with Crippen LogP contribution in [-0.2, 0) is 6.42 Å². The maximum Gasteiger partial charge on any atom is 0.251 e. The minimum Gasteiger partial charge on any atom is -0.493 e. The number of amides is 1. The molecule has 2 aromatic heterocycles. The zero-order valence-corrected chi connectivity index (χ0v) is 19.5.